The van der Waals surface area contributed by atoms with E-state index in [-0.39, 0.29) is 24.2 Å². The number of esters is 1. The fourth-order valence-corrected chi connectivity index (χ4v) is 6.05. The largest absolute Gasteiger partial charge is 0.469 e. The minimum Gasteiger partial charge on any atom is -0.469 e. The third-order valence-corrected chi connectivity index (χ3v) is 8.70. The van der Waals surface area contributed by atoms with Crippen LogP contribution in [0.15, 0.2) is 54.6 Å². The van der Waals surface area contributed by atoms with Gasteiger partial charge in [0.1, 0.15) is 5.82 Å². The molecule has 0 aliphatic carbocycles. The molecule has 1 aliphatic heterocycles. The zero-order chi connectivity index (χ0) is 32.0. The highest BCUT2D eigenvalue weighted by Crippen LogP contribution is 2.28. The molecule has 4 rings (SSSR count). The lowest BCUT2D eigenvalue weighted by Gasteiger charge is -2.33. The Morgan fingerprint density at radius 1 is 1.00 bits per heavy atom. The number of aryl methyl sites for hydroxylation is 1. The number of hydrogen-bond acceptors (Lipinski definition) is 8. The zero-order valence-electron chi connectivity index (χ0n) is 27.3. The van der Waals surface area contributed by atoms with Gasteiger partial charge < -0.3 is 20.7 Å². The van der Waals surface area contributed by atoms with Gasteiger partial charge in [0.05, 0.1) is 20.1 Å². The van der Waals surface area contributed by atoms with Gasteiger partial charge in [0.15, 0.2) is 0 Å². The number of nitrogens with two attached hydrogens (primary N) is 1. The number of carbonyl (C=O) groups is 2. The SMILES string of the molecule is CCCCCNc1nc(N)nc(C)c1CCCN(Cc1ccc(CC(=O)OC)cc1)C(=O)CN1CCC(c2ccccc2)CC1. The number of nitrogens with zero attached hydrogens (tertiary/aromatic N) is 4. The van der Waals surface area contributed by atoms with Crippen molar-refractivity contribution in [2.45, 2.75) is 77.7 Å². The molecular formula is C36H50N6O3. The van der Waals surface area contributed by atoms with Crippen molar-refractivity contribution in [1.82, 2.24) is 19.8 Å². The third kappa shape index (κ3) is 10.6. The van der Waals surface area contributed by atoms with Crippen LogP contribution in [0.5, 0.6) is 0 Å². The number of nitrogens with one attached hydrogen (secondary N) is 1. The molecule has 0 saturated carbocycles. The number of methoxy groups -OCH3 is 1. The zero-order valence-corrected chi connectivity index (χ0v) is 27.3. The first-order valence-corrected chi connectivity index (χ1v) is 16.4. The lowest BCUT2D eigenvalue weighted by Crippen LogP contribution is -2.43. The monoisotopic (exact) mass is 614 g/mol. The maximum absolute atomic E-state index is 13.8. The van der Waals surface area contributed by atoms with Gasteiger partial charge in [0, 0.05) is 30.9 Å². The Morgan fingerprint density at radius 3 is 2.40 bits per heavy atom. The fourth-order valence-electron chi connectivity index (χ4n) is 6.05. The molecule has 9 nitrogen and oxygen atoms in total. The van der Waals surface area contributed by atoms with Gasteiger partial charge in [-0.15, -0.1) is 0 Å². The van der Waals surface area contributed by atoms with Crippen molar-refractivity contribution >= 4 is 23.6 Å². The number of piperidine rings is 1. The topological polar surface area (TPSA) is 114 Å². The number of unbranched alkanes of at least 4 members (excludes halogenated alkanes) is 2. The van der Waals surface area contributed by atoms with Crippen LogP contribution in [-0.4, -0.2) is 71.5 Å². The average Bonchev–Trinajstić information content (AvgIpc) is 3.05. The van der Waals surface area contributed by atoms with E-state index in [1.165, 1.54) is 12.7 Å². The van der Waals surface area contributed by atoms with Crippen LogP contribution in [-0.2, 0) is 33.7 Å². The van der Waals surface area contributed by atoms with Gasteiger partial charge in [0.2, 0.25) is 11.9 Å². The molecule has 0 bridgehead atoms. The highest BCUT2D eigenvalue weighted by Gasteiger charge is 2.24. The Bertz CT molecular complexity index is 1360. The Hall–Kier alpha value is -3.98. The van der Waals surface area contributed by atoms with Crippen LogP contribution in [0.3, 0.4) is 0 Å². The Balaban J connectivity index is 1.41. The summed E-state index contributed by atoms with van der Waals surface area (Å²) in [4.78, 5) is 38.7. The molecule has 3 N–H and O–H groups in total. The van der Waals surface area contributed by atoms with Crippen LogP contribution in [0.4, 0.5) is 11.8 Å². The van der Waals surface area contributed by atoms with E-state index in [1.54, 1.807) is 0 Å². The summed E-state index contributed by atoms with van der Waals surface area (Å²) in [6.07, 6.45) is 7.26. The predicted molar refractivity (Wildman–Crippen MR) is 180 cm³/mol. The molecule has 1 aromatic heterocycles. The summed E-state index contributed by atoms with van der Waals surface area (Å²) in [5.74, 6) is 1.49. The van der Waals surface area contributed by atoms with Crippen molar-refractivity contribution in [2.24, 2.45) is 0 Å². The molecule has 242 valence electrons. The fraction of sp³-hybridized carbons (Fsp3) is 0.500. The van der Waals surface area contributed by atoms with Crippen molar-refractivity contribution < 1.29 is 14.3 Å². The summed E-state index contributed by atoms with van der Waals surface area (Å²) in [6.45, 7) is 8.37. The third-order valence-electron chi connectivity index (χ3n) is 8.70. The molecule has 0 atom stereocenters. The quantitative estimate of drug-likeness (QED) is 0.160. The summed E-state index contributed by atoms with van der Waals surface area (Å²) in [5, 5.41) is 3.47. The van der Waals surface area contributed by atoms with E-state index in [1.807, 2.05) is 36.1 Å². The van der Waals surface area contributed by atoms with Gasteiger partial charge in [-0.2, -0.15) is 4.98 Å². The number of ether oxygens (including phenoxy) is 1. The van der Waals surface area contributed by atoms with E-state index in [4.69, 9.17) is 10.5 Å². The number of benzene rings is 2. The molecule has 0 unspecified atom stereocenters. The number of rotatable bonds is 16. The summed E-state index contributed by atoms with van der Waals surface area (Å²) >= 11 is 0. The molecule has 3 aromatic rings. The van der Waals surface area contributed by atoms with Crippen LogP contribution in [0.2, 0.25) is 0 Å². The summed E-state index contributed by atoms with van der Waals surface area (Å²) < 4.78 is 4.80. The Kier molecular flexibility index (Phi) is 13.2. The second kappa shape index (κ2) is 17.5. The second-order valence-electron chi connectivity index (χ2n) is 12.1. The molecule has 9 heteroatoms. The van der Waals surface area contributed by atoms with E-state index >= 15 is 0 Å². The standard InChI is InChI=1S/C36H50N6O3/c1-4-5-9-20-38-35-32(27(2)39-36(37)40-35)13-10-21-42(25-29-16-14-28(15-17-29)24-34(44)45-3)33(43)26-41-22-18-31(19-23-41)30-11-7-6-8-12-30/h6-8,11-12,14-17,31H,4-5,9-10,13,18-26H2,1-3H3,(H3,37,38,39,40). The molecule has 1 fully saturated rings. The summed E-state index contributed by atoms with van der Waals surface area (Å²) in [7, 11) is 1.40. The molecule has 45 heavy (non-hydrogen) atoms. The normalized spacial score (nSPS) is 13.8. The molecule has 1 aliphatic rings. The van der Waals surface area contributed by atoms with Gasteiger partial charge >= 0.3 is 5.97 Å². The van der Waals surface area contributed by atoms with E-state index in [0.717, 1.165) is 92.8 Å². The van der Waals surface area contributed by atoms with Crippen molar-refractivity contribution in [3.05, 3.63) is 82.5 Å². The van der Waals surface area contributed by atoms with Gasteiger partial charge in [-0.1, -0.05) is 74.4 Å². The minimum atomic E-state index is -0.267. The first kappa shape index (κ1) is 33.9. The predicted octanol–water partition coefficient (Wildman–Crippen LogP) is 5.53. The molecule has 0 radical (unpaired) electrons. The number of likely N-dealkylation sites (tertiary alicyclic amines) is 1. The average molecular weight is 615 g/mol. The molecule has 0 spiro atoms. The summed E-state index contributed by atoms with van der Waals surface area (Å²) in [6, 6.07) is 18.6. The number of hydrogen-bond donors (Lipinski definition) is 2. The minimum absolute atomic E-state index is 0.134. The van der Waals surface area contributed by atoms with E-state index < -0.39 is 0 Å². The van der Waals surface area contributed by atoms with Crippen molar-refractivity contribution in [2.75, 3.05) is 50.9 Å². The Morgan fingerprint density at radius 2 is 1.71 bits per heavy atom. The van der Waals surface area contributed by atoms with Gasteiger partial charge in [-0.25, -0.2) is 4.98 Å². The second-order valence-corrected chi connectivity index (χ2v) is 12.1. The highest BCUT2D eigenvalue weighted by atomic mass is 16.5. The summed E-state index contributed by atoms with van der Waals surface area (Å²) in [5.41, 5.74) is 11.2. The van der Waals surface area contributed by atoms with Crippen LogP contribution < -0.4 is 11.1 Å². The molecule has 2 heterocycles. The van der Waals surface area contributed by atoms with Gasteiger partial charge in [0.25, 0.3) is 0 Å². The number of carbonyl (C=O) groups excluding carboxylic acids is 2. The van der Waals surface area contributed by atoms with Crippen LogP contribution in [0, 0.1) is 6.92 Å². The van der Waals surface area contributed by atoms with E-state index in [9.17, 15) is 9.59 Å². The number of aromatic nitrogens is 2. The highest BCUT2D eigenvalue weighted by molar-refractivity contribution is 5.78. The lowest BCUT2D eigenvalue weighted by molar-refractivity contribution is -0.139. The number of anilines is 2. The van der Waals surface area contributed by atoms with Gasteiger partial charge in [-0.05, 0) is 74.7 Å². The first-order valence-electron chi connectivity index (χ1n) is 16.4. The Labute approximate surface area is 268 Å². The lowest BCUT2D eigenvalue weighted by atomic mass is 9.89. The maximum Gasteiger partial charge on any atom is 0.309 e. The number of amides is 1. The van der Waals surface area contributed by atoms with Crippen LogP contribution >= 0.6 is 0 Å². The van der Waals surface area contributed by atoms with Gasteiger partial charge in [-0.3, -0.25) is 14.5 Å². The van der Waals surface area contributed by atoms with Crippen LogP contribution in [0.1, 0.15) is 79.3 Å². The van der Waals surface area contributed by atoms with Crippen molar-refractivity contribution in [1.29, 1.82) is 0 Å². The molecule has 1 saturated heterocycles. The maximum atomic E-state index is 13.8. The molecular weight excluding hydrogens is 564 g/mol. The van der Waals surface area contributed by atoms with E-state index in [0.29, 0.717) is 25.6 Å². The molecule has 2 aromatic carbocycles. The number of nitrogen functional groups attached to an aromatic ring is 1. The molecule has 1 amide bonds. The van der Waals surface area contributed by atoms with Crippen molar-refractivity contribution in [3.63, 3.8) is 0 Å². The van der Waals surface area contributed by atoms with E-state index in [2.05, 4.69) is 57.4 Å². The van der Waals surface area contributed by atoms with Crippen molar-refractivity contribution in [3.8, 4) is 0 Å². The first-order chi connectivity index (χ1) is 21.9. The van der Waals surface area contributed by atoms with Crippen LogP contribution in [0.25, 0.3) is 0 Å². The smallest absolute Gasteiger partial charge is 0.309 e.